The van der Waals surface area contributed by atoms with E-state index in [2.05, 4.69) is 26.1 Å². The van der Waals surface area contributed by atoms with Gasteiger partial charge in [-0.1, -0.05) is 13.3 Å². The van der Waals surface area contributed by atoms with Gasteiger partial charge in [0.15, 0.2) is 0 Å². The highest BCUT2D eigenvalue weighted by Gasteiger charge is 2.32. The quantitative estimate of drug-likeness (QED) is 0.752. The van der Waals surface area contributed by atoms with E-state index in [0.717, 1.165) is 18.8 Å². The van der Waals surface area contributed by atoms with Gasteiger partial charge in [0, 0.05) is 19.7 Å². The van der Waals surface area contributed by atoms with Crippen LogP contribution in [0.25, 0.3) is 0 Å². The highest BCUT2D eigenvalue weighted by molar-refractivity contribution is 4.88. The van der Waals surface area contributed by atoms with Crippen molar-refractivity contribution in [3.8, 4) is 0 Å². The van der Waals surface area contributed by atoms with E-state index in [1.54, 1.807) is 7.11 Å². The van der Waals surface area contributed by atoms with Crippen molar-refractivity contribution in [1.29, 1.82) is 0 Å². The molecule has 0 aromatic rings. The fourth-order valence-corrected chi connectivity index (χ4v) is 2.52. The average molecular weight is 243 g/mol. The summed E-state index contributed by atoms with van der Waals surface area (Å²) < 4.78 is 5.28. The smallest absolute Gasteiger partial charge is 0.0771 e. The van der Waals surface area contributed by atoms with Gasteiger partial charge in [-0.25, -0.2) is 0 Å². The van der Waals surface area contributed by atoms with Crippen LogP contribution in [-0.4, -0.2) is 36.5 Å². The Labute approximate surface area is 106 Å². The molecule has 0 aliphatic heterocycles. The SMILES string of the molecule is CCC1CCC(O)(CNC(C)C(C)OC)CC1. The van der Waals surface area contributed by atoms with Crippen LogP contribution < -0.4 is 5.32 Å². The number of hydrogen-bond donors (Lipinski definition) is 2. The van der Waals surface area contributed by atoms with Gasteiger partial charge in [0.05, 0.1) is 11.7 Å². The zero-order valence-electron chi connectivity index (χ0n) is 11.8. The fourth-order valence-electron chi connectivity index (χ4n) is 2.52. The number of methoxy groups -OCH3 is 1. The van der Waals surface area contributed by atoms with Crippen LogP contribution in [0, 0.1) is 5.92 Å². The summed E-state index contributed by atoms with van der Waals surface area (Å²) in [7, 11) is 1.73. The molecule has 1 aliphatic carbocycles. The summed E-state index contributed by atoms with van der Waals surface area (Å²) in [5.41, 5.74) is -0.493. The highest BCUT2D eigenvalue weighted by atomic mass is 16.5. The Morgan fingerprint density at radius 3 is 2.41 bits per heavy atom. The highest BCUT2D eigenvalue weighted by Crippen LogP contribution is 2.33. The molecule has 0 saturated heterocycles. The maximum atomic E-state index is 10.5. The topological polar surface area (TPSA) is 41.5 Å². The lowest BCUT2D eigenvalue weighted by Gasteiger charge is -2.37. The summed E-state index contributed by atoms with van der Waals surface area (Å²) in [5.74, 6) is 0.825. The summed E-state index contributed by atoms with van der Waals surface area (Å²) in [6.45, 7) is 7.10. The van der Waals surface area contributed by atoms with Crippen molar-refractivity contribution in [2.75, 3.05) is 13.7 Å². The van der Waals surface area contributed by atoms with Crippen LogP contribution in [0.2, 0.25) is 0 Å². The number of hydrogen-bond acceptors (Lipinski definition) is 3. The summed E-state index contributed by atoms with van der Waals surface area (Å²) in [4.78, 5) is 0. The first kappa shape index (κ1) is 14.9. The van der Waals surface area contributed by atoms with Gasteiger partial charge in [-0.2, -0.15) is 0 Å². The Morgan fingerprint density at radius 1 is 1.35 bits per heavy atom. The molecule has 2 unspecified atom stereocenters. The standard InChI is InChI=1S/C14H29NO2/c1-5-13-6-8-14(16,9-7-13)10-15-11(2)12(3)17-4/h11-13,15-16H,5-10H2,1-4H3. The number of ether oxygens (including phenoxy) is 1. The van der Waals surface area contributed by atoms with Crippen molar-refractivity contribution in [3.05, 3.63) is 0 Å². The van der Waals surface area contributed by atoms with Crippen molar-refractivity contribution in [1.82, 2.24) is 5.32 Å². The minimum atomic E-state index is -0.493. The van der Waals surface area contributed by atoms with Gasteiger partial charge in [0.25, 0.3) is 0 Å². The van der Waals surface area contributed by atoms with E-state index in [1.807, 2.05) is 0 Å². The van der Waals surface area contributed by atoms with Gasteiger partial charge in [0.2, 0.25) is 0 Å². The monoisotopic (exact) mass is 243 g/mol. The van der Waals surface area contributed by atoms with Crippen molar-refractivity contribution < 1.29 is 9.84 Å². The third-order valence-corrected chi connectivity index (χ3v) is 4.44. The normalized spacial score (nSPS) is 33.4. The van der Waals surface area contributed by atoms with Gasteiger partial charge in [-0.3, -0.25) is 0 Å². The fraction of sp³-hybridized carbons (Fsp3) is 1.00. The first-order chi connectivity index (χ1) is 8.00. The molecular formula is C14H29NO2. The molecule has 0 radical (unpaired) electrons. The van der Waals surface area contributed by atoms with Gasteiger partial charge in [-0.15, -0.1) is 0 Å². The zero-order valence-corrected chi connectivity index (χ0v) is 11.8. The van der Waals surface area contributed by atoms with Crippen molar-refractivity contribution >= 4 is 0 Å². The maximum Gasteiger partial charge on any atom is 0.0771 e. The summed E-state index contributed by atoms with van der Waals surface area (Å²) >= 11 is 0. The van der Waals surface area contributed by atoms with Crippen LogP contribution in [0.5, 0.6) is 0 Å². The zero-order chi connectivity index (χ0) is 12.9. The Morgan fingerprint density at radius 2 is 1.94 bits per heavy atom. The first-order valence-corrected chi connectivity index (χ1v) is 6.99. The summed E-state index contributed by atoms with van der Waals surface area (Å²) in [6.07, 6.45) is 5.65. The van der Waals surface area contributed by atoms with E-state index in [1.165, 1.54) is 19.3 Å². The lowest BCUT2D eigenvalue weighted by molar-refractivity contribution is -0.0154. The predicted octanol–water partition coefficient (Wildman–Crippen LogP) is 2.33. The van der Waals surface area contributed by atoms with Gasteiger partial charge in [0.1, 0.15) is 0 Å². The molecule has 0 aromatic heterocycles. The second-order valence-electron chi connectivity index (χ2n) is 5.69. The van der Waals surface area contributed by atoms with Crippen molar-refractivity contribution in [2.45, 2.75) is 70.6 Å². The number of nitrogens with one attached hydrogen (secondary N) is 1. The molecule has 17 heavy (non-hydrogen) atoms. The third kappa shape index (κ3) is 4.57. The lowest BCUT2D eigenvalue weighted by Crippen LogP contribution is -2.48. The van der Waals surface area contributed by atoms with Crippen LogP contribution in [0.15, 0.2) is 0 Å². The van der Waals surface area contributed by atoms with E-state index >= 15 is 0 Å². The molecule has 1 fully saturated rings. The molecule has 2 N–H and O–H groups in total. The molecule has 0 amide bonds. The third-order valence-electron chi connectivity index (χ3n) is 4.44. The van der Waals surface area contributed by atoms with Crippen LogP contribution in [0.1, 0.15) is 52.9 Å². The van der Waals surface area contributed by atoms with E-state index in [4.69, 9.17) is 4.74 Å². The molecule has 0 spiro atoms. The second kappa shape index (κ2) is 6.72. The Balaban J connectivity index is 2.31. The summed E-state index contributed by atoms with van der Waals surface area (Å²) in [5, 5.41) is 13.9. The lowest BCUT2D eigenvalue weighted by atomic mass is 9.78. The average Bonchev–Trinajstić information content (AvgIpc) is 2.36. The van der Waals surface area contributed by atoms with Crippen LogP contribution in [0.3, 0.4) is 0 Å². The van der Waals surface area contributed by atoms with Crippen molar-refractivity contribution in [2.24, 2.45) is 5.92 Å². The molecule has 102 valence electrons. The molecule has 0 bridgehead atoms. The second-order valence-corrected chi connectivity index (χ2v) is 5.69. The van der Waals surface area contributed by atoms with Gasteiger partial charge in [-0.05, 0) is 45.4 Å². The Hall–Kier alpha value is -0.120. The number of aliphatic hydroxyl groups is 1. The van der Waals surface area contributed by atoms with E-state index in [9.17, 15) is 5.11 Å². The molecule has 3 nitrogen and oxygen atoms in total. The molecule has 3 heteroatoms. The summed E-state index contributed by atoms with van der Waals surface area (Å²) in [6, 6.07) is 0.285. The molecule has 2 atom stereocenters. The first-order valence-electron chi connectivity index (χ1n) is 6.99. The molecule has 0 aromatic carbocycles. The minimum Gasteiger partial charge on any atom is -0.389 e. The Kier molecular flexibility index (Phi) is 5.90. The van der Waals surface area contributed by atoms with Crippen LogP contribution in [-0.2, 0) is 4.74 Å². The molecule has 1 saturated carbocycles. The van der Waals surface area contributed by atoms with E-state index in [-0.39, 0.29) is 12.1 Å². The molecular weight excluding hydrogens is 214 g/mol. The molecule has 0 heterocycles. The Bertz CT molecular complexity index is 212. The van der Waals surface area contributed by atoms with Crippen molar-refractivity contribution in [3.63, 3.8) is 0 Å². The minimum absolute atomic E-state index is 0.186. The van der Waals surface area contributed by atoms with E-state index in [0.29, 0.717) is 6.54 Å². The van der Waals surface area contributed by atoms with Gasteiger partial charge < -0.3 is 15.2 Å². The predicted molar refractivity (Wildman–Crippen MR) is 71.1 cm³/mol. The largest absolute Gasteiger partial charge is 0.389 e. The van der Waals surface area contributed by atoms with Gasteiger partial charge >= 0.3 is 0 Å². The maximum absolute atomic E-state index is 10.5. The molecule has 1 aliphatic rings. The van der Waals surface area contributed by atoms with Crippen LogP contribution >= 0.6 is 0 Å². The number of rotatable bonds is 6. The molecule has 1 rings (SSSR count). The van der Waals surface area contributed by atoms with Crippen LogP contribution in [0.4, 0.5) is 0 Å². The van der Waals surface area contributed by atoms with E-state index < -0.39 is 5.60 Å².